The third kappa shape index (κ3) is 2.79. The summed E-state index contributed by atoms with van der Waals surface area (Å²) in [5, 5.41) is 36.0. The van der Waals surface area contributed by atoms with Gasteiger partial charge >= 0.3 is 12.0 Å². The number of hydrogen-bond donors (Lipinski definition) is 2. The van der Waals surface area contributed by atoms with Gasteiger partial charge in [0.15, 0.2) is 0 Å². The van der Waals surface area contributed by atoms with E-state index in [1.165, 1.54) is 0 Å². The van der Waals surface area contributed by atoms with E-state index in [9.17, 15) is 14.9 Å². The number of nitrogens with zero attached hydrogens (tertiary/aromatic N) is 7. The summed E-state index contributed by atoms with van der Waals surface area (Å²) in [6, 6.07) is 0. The Balaban J connectivity index is 0.000000212. The van der Waals surface area contributed by atoms with Crippen LogP contribution in [0.25, 0.3) is 0 Å². The summed E-state index contributed by atoms with van der Waals surface area (Å²) in [5.41, 5.74) is 0. The molecule has 0 bridgehead atoms. The average Bonchev–Trinajstić information content (AvgIpc) is 2.92. The lowest BCUT2D eigenvalue weighted by atomic mass is 11.0. The highest BCUT2D eigenvalue weighted by molar-refractivity contribution is 5.68. The summed E-state index contributed by atoms with van der Waals surface area (Å²) in [6.07, 6.45) is 1.57. The quantitative estimate of drug-likeness (QED) is 0.350. The average molecular weight is 228 g/mol. The van der Waals surface area contributed by atoms with Crippen molar-refractivity contribution in [2.24, 2.45) is 0 Å². The number of carbonyl (C=O) groups is 1. The van der Waals surface area contributed by atoms with Crippen LogP contribution in [0.1, 0.15) is 0 Å². The van der Waals surface area contributed by atoms with E-state index in [0.29, 0.717) is 0 Å². The van der Waals surface area contributed by atoms with Crippen LogP contribution in [0.2, 0.25) is 0 Å². The van der Waals surface area contributed by atoms with Crippen molar-refractivity contribution in [3.05, 3.63) is 22.5 Å². The van der Waals surface area contributed by atoms with E-state index < -0.39 is 17.0 Å². The predicted octanol–water partition coefficient (Wildman–Crippen LogP) is -1.09. The molecule has 2 aromatic rings. The third-order valence-corrected chi connectivity index (χ3v) is 1.13. The fourth-order valence-corrected chi connectivity index (χ4v) is 0.587. The first kappa shape index (κ1) is 11.2. The summed E-state index contributed by atoms with van der Waals surface area (Å²) >= 11 is 0. The number of nitrogens with one attached hydrogen (secondary N) is 1. The SMILES string of the molecule is O=C(O)n1nnnc1[N+](=O)[O-].c1cn[nH]n1. The van der Waals surface area contributed by atoms with E-state index in [4.69, 9.17) is 5.11 Å². The van der Waals surface area contributed by atoms with Gasteiger partial charge in [-0.25, -0.2) is 4.79 Å². The Bertz CT molecular complexity index is 416. The van der Waals surface area contributed by atoms with Crippen molar-refractivity contribution in [1.82, 2.24) is 35.6 Å². The Labute approximate surface area is 86.0 Å². The molecule has 0 fully saturated rings. The zero-order valence-electron chi connectivity index (χ0n) is 7.46. The van der Waals surface area contributed by atoms with Crippen LogP contribution in [-0.4, -0.2) is 51.7 Å². The van der Waals surface area contributed by atoms with Crippen LogP contribution < -0.4 is 0 Å². The van der Waals surface area contributed by atoms with Gasteiger partial charge in [0.05, 0.1) is 22.7 Å². The number of carboxylic acid groups (broad SMARTS) is 1. The minimum atomic E-state index is -1.60. The van der Waals surface area contributed by atoms with E-state index in [1.54, 1.807) is 12.4 Å². The Hall–Kier alpha value is -2.92. The standard InChI is InChI=1S/C2HN5O4.C2H3N3/c8-2(9)6-1(7(10)11)3-4-5-6;1-2-4-5-3-1/h(H,8,9);1-2H,(H,3,4,5). The number of rotatable bonds is 1. The molecule has 12 heteroatoms. The van der Waals surface area contributed by atoms with Gasteiger partial charge in [-0.1, -0.05) is 0 Å². The molecule has 0 saturated heterocycles. The lowest BCUT2D eigenvalue weighted by molar-refractivity contribution is -0.396. The summed E-state index contributed by atoms with van der Waals surface area (Å²) in [5.74, 6) is -0.919. The third-order valence-electron chi connectivity index (χ3n) is 1.13. The van der Waals surface area contributed by atoms with Gasteiger partial charge in [0.25, 0.3) is 0 Å². The lowest BCUT2D eigenvalue weighted by Gasteiger charge is -1.88. The predicted molar refractivity (Wildman–Crippen MR) is 44.3 cm³/mol. The van der Waals surface area contributed by atoms with Crippen LogP contribution in [0, 0.1) is 10.1 Å². The van der Waals surface area contributed by atoms with E-state index in [2.05, 4.69) is 30.9 Å². The molecule has 0 amide bonds. The minimum Gasteiger partial charge on any atom is -0.451 e. The molecule has 0 spiro atoms. The van der Waals surface area contributed by atoms with Crippen molar-refractivity contribution in [3.63, 3.8) is 0 Å². The largest absolute Gasteiger partial charge is 0.502 e. The zero-order chi connectivity index (χ0) is 12.0. The molecule has 0 radical (unpaired) electrons. The van der Waals surface area contributed by atoms with Crippen LogP contribution in [0.5, 0.6) is 0 Å². The second-order valence-electron chi connectivity index (χ2n) is 2.09. The number of aromatic nitrogens is 7. The van der Waals surface area contributed by atoms with Crippen molar-refractivity contribution in [1.29, 1.82) is 0 Å². The first-order chi connectivity index (χ1) is 7.63. The highest BCUT2D eigenvalue weighted by atomic mass is 16.6. The second-order valence-corrected chi connectivity index (χ2v) is 2.09. The molecule has 0 aliphatic heterocycles. The Morgan fingerprint density at radius 2 is 2.12 bits per heavy atom. The van der Waals surface area contributed by atoms with Gasteiger partial charge in [0.2, 0.25) is 0 Å². The van der Waals surface area contributed by atoms with Crippen molar-refractivity contribution in [2.45, 2.75) is 0 Å². The first-order valence-electron chi connectivity index (χ1n) is 3.58. The molecule has 2 rings (SSSR count). The van der Waals surface area contributed by atoms with Crippen LogP contribution in [0.3, 0.4) is 0 Å². The number of tetrazole rings is 1. The fourth-order valence-electron chi connectivity index (χ4n) is 0.587. The van der Waals surface area contributed by atoms with E-state index in [1.807, 2.05) is 0 Å². The Kier molecular flexibility index (Phi) is 3.54. The zero-order valence-corrected chi connectivity index (χ0v) is 7.46. The molecule has 0 aliphatic rings. The minimum absolute atomic E-state index is 0.0694. The molecule has 2 aromatic heterocycles. The van der Waals surface area contributed by atoms with Gasteiger partial charge in [0.1, 0.15) is 0 Å². The molecule has 84 valence electrons. The maximum atomic E-state index is 10.1. The van der Waals surface area contributed by atoms with Crippen molar-refractivity contribution < 1.29 is 14.8 Å². The number of hydrogen-bond acceptors (Lipinski definition) is 8. The van der Waals surface area contributed by atoms with Crippen molar-refractivity contribution >= 4 is 12.0 Å². The molecule has 12 nitrogen and oxygen atoms in total. The lowest BCUT2D eigenvalue weighted by Crippen LogP contribution is -2.12. The molecule has 16 heavy (non-hydrogen) atoms. The van der Waals surface area contributed by atoms with Crippen LogP contribution >= 0.6 is 0 Å². The molecule has 0 aromatic carbocycles. The van der Waals surface area contributed by atoms with E-state index in [-0.39, 0.29) is 4.68 Å². The van der Waals surface area contributed by atoms with Crippen LogP contribution in [0.15, 0.2) is 12.4 Å². The molecule has 2 heterocycles. The van der Waals surface area contributed by atoms with Gasteiger partial charge in [-0.15, -0.1) is 0 Å². The van der Waals surface area contributed by atoms with Crippen molar-refractivity contribution in [2.75, 3.05) is 0 Å². The first-order valence-corrected chi connectivity index (χ1v) is 3.58. The monoisotopic (exact) mass is 228 g/mol. The van der Waals surface area contributed by atoms with E-state index in [0.717, 1.165) is 0 Å². The molecular formula is C4H4N8O4. The van der Waals surface area contributed by atoms with Gasteiger partial charge in [-0.05, 0) is 9.61 Å². The molecule has 0 unspecified atom stereocenters. The number of aromatic amines is 1. The van der Waals surface area contributed by atoms with Gasteiger partial charge in [-0.3, -0.25) is 0 Å². The summed E-state index contributed by atoms with van der Waals surface area (Å²) in [6.45, 7) is 0. The number of H-pyrrole nitrogens is 1. The normalized spacial score (nSPS) is 9.00. The van der Waals surface area contributed by atoms with Crippen molar-refractivity contribution in [3.8, 4) is 0 Å². The van der Waals surface area contributed by atoms with Gasteiger partial charge in [-0.2, -0.15) is 15.4 Å². The highest BCUT2D eigenvalue weighted by Crippen LogP contribution is 2.00. The summed E-state index contributed by atoms with van der Waals surface area (Å²) < 4.78 is 0.0694. The van der Waals surface area contributed by atoms with Crippen LogP contribution in [0.4, 0.5) is 10.7 Å². The molecule has 0 atom stereocenters. The highest BCUT2D eigenvalue weighted by Gasteiger charge is 2.23. The second kappa shape index (κ2) is 5.08. The Morgan fingerprint density at radius 1 is 1.50 bits per heavy atom. The van der Waals surface area contributed by atoms with Gasteiger partial charge < -0.3 is 15.2 Å². The summed E-state index contributed by atoms with van der Waals surface area (Å²) in [4.78, 5) is 19.1. The molecular weight excluding hydrogens is 224 g/mol. The molecule has 0 saturated carbocycles. The van der Waals surface area contributed by atoms with Crippen LogP contribution in [-0.2, 0) is 0 Å². The van der Waals surface area contributed by atoms with Gasteiger partial charge in [0, 0.05) is 5.21 Å². The number of nitro groups is 1. The fraction of sp³-hybridized carbons (Fsp3) is 0. The summed E-state index contributed by atoms with van der Waals surface area (Å²) in [7, 11) is 0. The smallest absolute Gasteiger partial charge is 0.451 e. The van der Waals surface area contributed by atoms with E-state index >= 15 is 0 Å². The topological polar surface area (TPSA) is 166 Å². The Morgan fingerprint density at radius 3 is 2.44 bits per heavy atom. The molecule has 0 aliphatic carbocycles. The maximum Gasteiger partial charge on any atom is 0.502 e. The maximum absolute atomic E-state index is 10.1. The molecule has 2 N–H and O–H groups in total.